The standard InChI is InChI=1S/C29H29N3O3S/c1-19-8-6-7-9-21(19)12-13-32(29(36)30-20(2)22-10-4-3-5-11-22)17-24-14-23-15-26-27(35-18-34-26)16-25(23)31-28(24)33/h3-11,14-16,20H,12-13,17-18H2,1-2H3,(H,30,36)(H,31,33). The molecule has 3 aromatic carbocycles. The lowest BCUT2D eigenvalue weighted by atomic mass is 10.1. The first-order valence-electron chi connectivity index (χ1n) is 12.1. The topological polar surface area (TPSA) is 66.6 Å². The van der Waals surface area contributed by atoms with E-state index in [-0.39, 0.29) is 18.4 Å². The van der Waals surface area contributed by atoms with Crippen LogP contribution in [0.3, 0.4) is 0 Å². The van der Waals surface area contributed by atoms with Crippen molar-refractivity contribution < 1.29 is 9.47 Å². The molecule has 0 aliphatic carbocycles. The summed E-state index contributed by atoms with van der Waals surface area (Å²) < 4.78 is 11.0. The van der Waals surface area contributed by atoms with Gasteiger partial charge >= 0.3 is 0 Å². The number of thiocarbonyl (C=S) groups is 1. The molecule has 5 rings (SSSR count). The van der Waals surface area contributed by atoms with E-state index in [1.165, 1.54) is 11.1 Å². The van der Waals surface area contributed by atoms with Gasteiger partial charge in [0.25, 0.3) is 5.56 Å². The number of nitrogens with zero attached hydrogens (tertiary/aromatic N) is 1. The molecule has 0 amide bonds. The molecule has 36 heavy (non-hydrogen) atoms. The van der Waals surface area contributed by atoms with Crippen LogP contribution in [-0.2, 0) is 13.0 Å². The monoisotopic (exact) mass is 499 g/mol. The van der Waals surface area contributed by atoms with Crippen LogP contribution in [0.1, 0.15) is 35.2 Å². The Bertz CT molecular complexity index is 1450. The number of H-pyrrole nitrogens is 1. The van der Waals surface area contributed by atoms with Gasteiger partial charge in [-0.1, -0.05) is 54.6 Å². The Labute approximate surface area is 215 Å². The zero-order valence-electron chi connectivity index (χ0n) is 20.4. The minimum absolute atomic E-state index is 0.0364. The number of nitrogens with one attached hydrogen (secondary N) is 2. The number of hydrogen-bond donors (Lipinski definition) is 2. The Morgan fingerprint density at radius 3 is 2.53 bits per heavy atom. The quantitative estimate of drug-likeness (QED) is 0.339. The van der Waals surface area contributed by atoms with Crippen molar-refractivity contribution in [1.82, 2.24) is 15.2 Å². The van der Waals surface area contributed by atoms with Crippen molar-refractivity contribution in [3.8, 4) is 11.5 Å². The Kier molecular flexibility index (Phi) is 6.91. The van der Waals surface area contributed by atoms with Crippen LogP contribution in [0.5, 0.6) is 11.5 Å². The van der Waals surface area contributed by atoms with Crippen molar-refractivity contribution in [2.24, 2.45) is 0 Å². The van der Waals surface area contributed by atoms with Crippen LogP contribution in [0.25, 0.3) is 10.9 Å². The average molecular weight is 500 g/mol. The summed E-state index contributed by atoms with van der Waals surface area (Å²) in [5.41, 5.74) is 4.88. The molecule has 0 bridgehead atoms. The number of aryl methyl sites for hydroxylation is 1. The highest BCUT2D eigenvalue weighted by Gasteiger charge is 2.19. The van der Waals surface area contributed by atoms with Gasteiger partial charge in [0, 0.05) is 23.6 Å². The molecule has 0 saturated carbocycles. The van der Waals surface area contributed by atoms with Gasteiger partial charge in [-0.2, -0.15) is 0 Å². The molecule has 1 aliphatic rings. The predicted octanol–water partition coefficient (Wildman–Crippen LogP) is 5.25. The highest BCUT2D eigenvalue weighted by molar-refractivity contribution is 7.80. The SMILES string of the molecule is Cc1ccccc1CCN(Cc1cc2cc3c(cc2[nH]c1=O)OCO3)C(=S)NC(C)c1ccccc1. The third kappa shape index (κ3) is 5.21. The van der Waals surface area contributed by atoms with Crippen LogP contribution < -0.4 is 20.3 Å². The molecule has 2 heterocycles. The molecule has 0 spiro atoms. The third-order valence-corrected chi connectivity index (χ3v) is 6.99. The zero-order valence-corrected chi connectivity index (χ0v) is 21.2. The minimum Gasteiger partial charge on any atom is -0.454 e. The molecule has 184 valence electrons. The Balaban J connectivity index is 1.41. The van der Waals surface area contributed by atoms with Gasteiger partial charge in [0.2, 0.25) is 6.79 Å². The first kappa shape index (κ1) is 23.9. The molecule has 0 fully saturated rings. The second-order valence-electron chi connectivity index (χ2n) is 9.10. The fourth-order valence-corrected chi connectivity index (χ4v) is 4.80. The molecule has 1 unspecified atom stereocenters. The van der Waals surface area contributed by atoms with E-state index in [1.807, 2.05) is 42.5 Å². The van der Waals surface area contributed by atoms with Gasteiger partial charge in [-0.15, -0.1) is 0 Å². The summed E-state index contributed by atoms with van der Waals surface area (Å²) >= 11 is 5.87. The average Bonchev–Trinajstić information content (AvgIpc) is 3.34. The fourth-order valence-electron chi connectivity index (χ4n) is 4.46. The van der Waals surface area contributed by atoms with Crippen molar-refractivity contribution in [2.75, 3.05) is 13.3 Å². The van der Waals surface area contributed by atoms with Gasteiger partial charge in [0.05, 0.1) is 18.1 Å². The van der Waals surface area contributed by atoms with Crippen molar-refractivity contribution >= 4 is 28.2 Å². The van der Waals surface area contributed by atoms with Gasteiger partial charge in [-0.25, -0.2) is 0 Å². The molecular formula is C29H29N3O3S. The lowest BCUT2D eigenvalue weighted by molar-refractivity contribution is 0.174. The maximum absolute atomic E-state index is 13.0. The Morgan fingerprint density at radius 1 is 1.03 bits per heavy atom. The van der Waals surface area contributed by atoms with E-state index in [4.69, 9.17) is 21.7 Å². The first-order valence-corrected chi connectivity index (χ1v) is 12.5. The van der Waals surface area contributed by atoms with Crippen LogP contribution in [-0.4, -0.2) is 28.3 Å². The van der Waals surface area contributed by atoms with E-state index in [0.29, 0.717) is 35.3 Å². The predicted molar refractivity (Wildman–Crippen MR) is 147 cm³/mol. The lowest BCUT2D eigenvalue weighted by Crippen LogP contribution is -2.42. The molecule has 0 saturated heterocycles. The first-order chi connectivity index (χ1) is 17.5. The van der Waals surface area contributed by atoms with Crippen LogP contribution in [0, 0.1) is 6.92 Å². The summed E-state index contributed by atoms with van der Waals surface area (Å²) in [7, 11) is 0. The van der Waals surface area contributed by atoms with Gasteiger partial charge in [0.15, 0.2) is 16.6 Å². The molecule has 0 radical (unpaired) electrons. The molecular weight excluding hydrogens is 470 g/mol. The lowest BCUT2D eigenvalue weighted by Gasteiger charge is -2.28. The van der Waals surface area contributed by atoms with E-state index < -0.39 is 0 Å². The number of rotatable bonds is 7. The molecule has 6 nitrogen and oxygen atoms in total. The number of aromatic nitrogens is 1. The fraction of sp³-hybridized carbons (Fsp3) is 0.241. The summed E-state index contributed by atoms with van der Waals surface area (Å²) in [4.78, 5) is 18.1. The van der Waals surface area contributed by atoms with Gasteiger partial charge in [-0.3, -0.25) is 4.79 Å². The highest BCUT2D eigenvalue weighted by atomic mass is 32.1. The normalized spacial score (nSPS) is 12.9. The third-order valence-electron chi connectivity index (χ3n) is 6.61. The van der Waals surface area contributed by atoms with Crippen LogP contribution in [0.2, 0.25) is 0 Å². The molecule has 4 aromatic rings. The van der Waals surface area contributed by atoms with E-state index in [1.54, 1.807) is 0 Å². The zero-order chi connectivity index (χ0) is 25.1. The highest BCUT2D eigenvalue weighted by Crippen LogP contribution is 2.35. The maximum atomic E-state index is 13.0. The van der Waals surface area contributed by atoms with Crippen molar-refractivity contribution in [2.45, 2.75) is 32.9 Å². The Hall–Kier alpha value is -3.84. The molecule has 1 atom stereocenters. The smallest absolute Gasteiger partial charge is 0.253 e. The van der Waals surface area contributed by atoms with Crippen molar-refractivity contribution in [3.05, 3.63) is 105 Å². The summed E-state index contributed by atoms with van der Waals surface area (Å²) in [5, 5.41) is 4.98. The van der Waals surface area contributed by atoms with Gasteiger partial charge < -0.3 is 24.7 Å². The van der Waals surface area contributed by atoms with Gasteiger partial charge in [0.1, 0.15) is 0 Å². The van der Waals surface area contributed by atoms with Crippen molar-refractivity contribution in [1.29, 1.82) is 0 Å². The van der Waals surface area contributed by atoms with E-state index in [0.717, 1.165) is 22.9 Å². The number of fused-ring (bicyclic) bond motifs is 2. The number of aromatic amines is 1. The summed E-state index contributed by atoms with van der Waals surface area (Å²) in [6.07, 6.45) is 0.818. The summed E-state index contributed by atoms with van der Waals surface area (Å²) in [6, 6.07) is 24.2. The van der Waals surface area contributed by atoms with E-state index in [9.17, 15) is 4.79 Å². The summed E-state index contributed by atoms with van der Waals surface area (Å²) in [6.45, 7) is 5.46. The van der Waals surface area contributed by atoms with E-state index in [2.05, 4.69) is 59.4 Å². The van der Waals surface area contributed by atoms with Crippen LogP contribution in [0.4, 0.5) is 0 Å². The Morgan fingerprint density at radius 2 is 1.75 bits per heavy atom. The second-order valence-corrected chi connectivity index (χ2v) is 9.48. The minimum atomic E-state index is -0.138. The van der Waals surface area contributed by atoms with Crippen LogP contribution >= 0.6 is 12.2 Å². The molecule has 1 aliphatic heterocycles. The van der Waals surface area contributed by atoms with Crippen molar-refractivity contribution in [3.63, 3.8) is 0 Å². The number of hydrogen-bond acceptors (Lipinski definition) is 4. The molecule has 7 heteroatoms. The van der Waals surface area contributed by atoms with E-state index >= 15 is 0 Å². The molecule has 1 aromatic heterocycles. The maximum Gasteiger partial charge on any atom is 0.253 e. The number of ether oxygens (including phenoxy) is 2. The van der Waals surface area contributed by atoms with Gasteiger partial charge in [-0.05, 0) is 61.3 Å². The number of benzene rings is 3. The molecule has 2 N–H and O–H groups in total. The largest absolute Gasteiger partial charge is 0.454 e. The summed E-state index contributed by atoms with van der Waals surface area (Å²) in [5.74, 6) is 1.33. The second kappa shape index (κ2) is 10.4. The van der Waals surface area contributed by atoms with Crippen LogP contribution in [0.15, 0.2) is 77.6 Å². The number of pyridine rings is 1.